The highest BCUT2D eigenvalue weighted by molar-refractivity contribution is 5.92. The zero-order valence-corrected chi connectivity index (χ0v) is 11.8. The summed E-state index contributed by atoms with van der Waals surface area (Å²) in [6, 6.07) is 2.50. The number of esters is 1. The van der Waals surface area contributed by atoms with E-state index in [0.29, 0.717) is 23.1 Å². The molecule has 0 saturated carbocycles. The van der Waals surface area contributed by atoms with Crippen LogP contribution in [0.3, 0.4) is 0 Å². The summed E-state index contributed by atoms with van der Waals surface area (Å²) in [5.41, 5.74) is 7.03. The Morgan fingerprint density at radius 2 is 2.00 bits per heavy atom. The van der Waals surface area contributed by atoms with Gasteiger partial charge in [-0.1, -0.05) is 6.92 Å². The van der Waals surface area contributed by atoms with Gasteiger partial charge in [-0.15, -0.1) is 0 Å². The van der Waals surface area contributed by atoms with Gasteiger partial charge in [0.2, 0.25) is 0 Å². The first kappa shape index (κ1) is 14.0. The summed E-state index contributed by atoms with van der Waals surface area (Å²) in [6.45, 7) is 7.33. The lowest BCUT2D eigenvalue weighted by molar-refractivity contribution is 0.00679. The van der Waals surface area contributed by atoms with Gasteiger partial charge in [-0.25, -0.2) is 9.18 Å². The summed E-state index contributed by atoms with van der Waals surface area (Å²) in [5.74, 6) is -0.691. The van der Waals surface area contributed by atoms with Crippen molar-refractivity contribution >= 4 is 5.97 Å². The third-order valence-corrected chi connectivity index (χ3v) is 3.32. The van der Waals surface area contributed by atoms with Crippen molar-refractivity contribution in [1.29, 1.82) is 0 Å². The molecule has 104 valence electrons. The van der Waals surface area contributed by atoms with Crippen LogP contribution < -0.4 is 5.73 Å². The second kappa shape index (κ2) is 4.60. The molecule has 4 heteroatoms. The number of benzene rings is 1. The lowest BCUT2D eigenvalue weighted by Crippen LogP contribution is -2.25. The maximum absolute atomic E-state index is 13.9. The van der Waals surface area contributed by atoms with Crippen LogP contribution in [-0.4, -0.2) is 11.6 Å². The fraction of sp³-hybridized carbons (Fsp3) is 0.533. The number of rotatable bonds is 1. The van der Waals surface area contributed by atoms with E-state index >= 15 is 0 Å². The highest BCUT2D eigenvalue weighted by Crippen LogP contribution is 2.42. The van der Waals surface area contributed by atoms with Crippen LogP contribution >= 0.6 is 0 Å². The van der Waals surface area contributed by atoms with Gasteiger partial charge in [0, 0.05) is 6.04 Å². The molecule has 0 aliphatic heterocycles. The van der Waals surface area contributed by atoms with E-state index in [4.69, 9.17) is 10.5 Å². The number of carbonyl (C=O) groups is 1. The lowest BCUT2D eigenvalue weighted by atomic mass is 9.98. The van der Waals surface area contributed by atoms with Crippen molar-refractivity contribution in [1.82, 2.24) is 0 Å². The highest BCUT2D eigenvalue weighted by atomic mass is 19.1. The molecule has 0 amide bonds. The van der Waals surface area contributed by atoms with Gasteiger partial charge in [0.1, 0.15) is 11.4 Å². The lowest BCUT2D eigenvalue weighted by Gasteiger charge is -2.21. The molecular formula is C15H20FNO2. The van der Waals surface area contributed by atoms with Crippen molar-refractivity contribution in [2.45, 2.75) is 51.7 Å². The molecule has 3 nitrogen and oxygen atoms in total. The van der Waals surface area contributed by atoms with Gasteiger partial charge in [0.05, 0.1) is 5.56 Å². The van der Waals surface area contributed by atoms with Crippen LogP contribution in [0, 0.1) is 5.82 Å². The summed E-state index contributed by atoms with van der Waals surface area (Å²) in [5, 5.41) is 0. The van der Waals surface area contributed by atoms with Crippen molar-refractivity contribution in [3.05, 3.63) is 34.6 Å². The van der Waals surface area contributed by atoms with E-state index in [1.165, 1.54) is 12.1 Å². The maximum atomic E-state index is 13.9. The van der Waals surface area contributed by atoms with Crippen molar-refractivity contribution in [3.63, 3.8) is 0 Å². The largest absolute Gasteiger partial charge is 0.456 e. The SMILES string of the molecule is C[C@H]1C[C@@H](N)c2c(C(=O)OC(C)(C)C)ccc(F)c21. The van der Waals surface area contributed by atoms with Crippen LogP contribution in [0.25, 0.3) is 0 Å². The van der Waals surface area contributed by atoms with Crippen molar-refractivity contribution in [2.75, 3.05) is 0 Å². The Kier molecular flexibility index (Phi) is 3.39. The summed E-state index contributed by atoms with van der Waals surface area (Å²) >= 11 is 0. The molecule has 0 bridgehead atoms. The maximum Gasteiger partial charge on any atom is 0.338 e. The van der Waals surface area contributed by atoms with Crippen LogP contribution in [0.4, 0.5) is 4.39 Å². The van der Waals surface area contributed by atoms with Crippen molar-refractivity contribution in [2.24, 2.45) is 5.73 Å². The van der Waals surface area contributed by atoms with Gasteiger partial charge in [0.25, 0.3) is 0 Å². The Balaban J connectivity index is 2.47. The number of halogens is 1. The van der Waals surface area contributed by atoms with Gasteiger partial charge in [0.15, 0.2) is 0 Å². The third kappa shape index (κ3) is 2.63. The van der Waals surface area contributed by atoms with Gasteiger partial charge in [-0.3, -0.25) is 0 Å². The van der Waals surface area contributed by atoms with Gasteiger partial charge in [-0.05, 0) is 56.4 Å². The van der Waals surface area contributed by atoms with Gasteiger partial charge in [-0.2, -0.15) is 0 Å². The minimum Gasteiger partial charge on any atom is -0.456 e. The Bertz CT molecular complexity index is 520. The fourth-order valence-corrected chi connectivity index (χ4v) is 2.64. The molecule has 19 heavy (non-hydrogen) atoms. The Morgan fingerprint density at radius 3 is 2.58 bits per heavy atom. The van der Waals surface area contributed by atoms with E-state index in [1.807, 2.05) is 6.92 Å². The first-order valence-electron chi connectivity index (χ1n) is 6.52. The number of fused-ring (bicyclic) bond motifs is 1. The Morgan fingerprint density at radius 1 is 1.37 bits per heavy atom. The van der Waals surface area contributed by atoms with E-state index in [9.17, 15) is 9.18 Å². The second-order valence-electron chi connectivity index (χ2n) is 6.17. The molecule has 0 spiro atoms. The average molecular weight is 265 g/mol. The van der Waals surface area contributed by atoms with Gasteiger partial charge < -0.3 is 10.5 Å². The minimum atomic E-state index is -0.577. The standard InChI is InChI=1S/C15H20FNO2/c1-8-7-11(17)13-9(5-6-10(16)12(8)13)14(18)19-15(2,3)4/h5-6,8,11H,7,17H2,1-4H3/t8-,11+/m0/s1. The van der Waals surface area contributed by atoms with Crippen LogP contribution in [0.5, 0.6) is 0 Å². The van der Waals surface area contributed by atoms with E-state index in [1.54, 1.807) is 20.8 Å². The van der Waals surface area contributed by atoms with Crippen LogP contribution in [0.15, 0.2) is 12.1 Å². The summed E-state index contributed by atoms with van der Waals surface area (Å²) in [4.78, 5) is 12.2. The number of ether oxygens (including phenoxy) is 1. The normalized spacial score (nSPS) is 22.2. The molecule has 0 radical (unpaired) electrons. The Labute approximate surface area is 112 Å². The first-order chi connectivity index (χ1) is 8.70. The zero-order chi connectivity index (χ0) is 14.4. The smallest absolute Gasteiger partial charge is 0.338 e. The van der Waals surface area contributed by atoms with Crippen LogP contribution in [0.2, 0.25) is 0 Å². The summed E-state index contributed by atoms with van der Waals surface area (Å²) in [6.07, 6.45) is 0.659. The molecule has 1 aliphatic rings. The molecule has 0 fully saturated rings. The number of carbonyl (C=O) groups excluding carboxylic acids is 1. The highest BCUT2D eigenvalue weighted by Gasteiger charge is 2.34. The predicted octanol–water partition coefficient (Wildman–Crippen LogP) is 3.29. The molecule has 1 aliphatic carbocycles. The van der Waals surface area contributed by atoms with E-state index in [2.05, 4.69) is 0 Å². The molecule has 0 aromatic heterocycles. The van der Waals surface area contributed by atoms with Gasteiger partial charge >= 0.3 is 5.97 Å². The molecule has 1 aromatic rings. The number of nitrogens with two attached hydrogens (primary N) is 1. The molecule has 2 N–H and O–H groups in total. The van der Waals surface area contributed by atoms with E-state index in [0.717, 1.165) is 0 Å². The predicted molar refractivity (Wildman–Crippen MR) is 71.5 cm³/mol. The second-order valence-corrected chi connectivity index (χ2v) is 6.17. The van der Waals surface area contributed by atoms with E-state index in [-0.39, 0.29) is 17.8 Å². The summed E-state index contributed by atoms with van der Waals surface area (Å²) in [7, 11) is 0. The molecule has 0 saturated heterocycles. The number of hydrogen-bond donors (Lipinski definition) is 1. The molecule has 0 unspecified atom stereocenters. The molecule has 0 heterocycles. The zero-order valence-electron chi connectivity index (χ0n) is 11.8. The van der Waals surface area contributed by atoms with Crippen LogP contribution in [0.1, 0.15) is 67.6 Å². The van der Waals surface area contributed by atoms with E-state index < -0.39 is 11.6 Å². The first-order valence-corrected chi connectivity index (χ1v) is 6.52. The number of hydrogen-bond acceptors (Lipinski definition) is 3. The molecular weight excluding hydrogens is 245 g/mol. The topological polar surface area (TPSA) is 52.3 Å². The van der Waals surface area contributed by atoms with Crippen molar-refractivity contribution < 1.29 is 13.9 Å². The average Bonchev–Trinajstić information content (AvgIpc) is 2.53. The van der Waals surface area contributed by atoms with Crippen molar-refractivity contribution in [3.8, 4) is 0 Å². The summed E-state index contributed by atoms with van der Waals surface area (Å²) < 4.78 is 19.2. The molecule has 1 aromatic carbocycles. The Hall–Kier alpha value is -1.42. The molecule has 2 atom stereocenters. The molecule has 2 rings (SSSR count). The van der Waals surface area contributed by atoms with Crippen LogP contribution in [-0.2, 0) is 4.74 Å². The quantitative estimate of drug-likeness (QED) is 0.793. The minimum absolute atomic E-state index is 0.0346. The third-order valence-electron chi connectivity index (χ3n) is 3.32. The fourth-order valence-electron chi connectivity index (χ4n) is 2.64. The monoisotopic (exact) mass is 265 g/mol.